The number of carbonyl (C=O) groups excluding carboxylic acids is 1. The topological polar surface area (TPSA) is 63.1 Å². The van der Waals surface area contributed by atoms with Crippen LogP contribution in [0.15, 0.2) is 5.16 Å². The van der Waals surface area contributed by atoms with Crippen molar-refractivity contribution in [2.24, 2.45) is 0 Å². The number of thioether (sulfide) groups is 1. The van der Waals surface area contributed by atoms with E-state index in [1.807, 2.05) is 6.92 Å². The molecule has 1 saturated carbocycles. The summed E-state index contributed by atoms with van der Waals surface area (Å²) in [5.41, 5.74) is 0. The van der Waals surface area contributed by atoms with Gasteiger partial charge in [0.2, 0.25) is 5.91 Å². The van der Waals surface area contributed by atoms with E-state index in [4.69, 9.17) is 0 Å². The third-order valence-corrected chi connectivity index (χ3v) is 5.44. The first-order valence-corrected chi connectivity index (χ1v) is 9.92. The fourth-order valence-corrected chi connectivity index (χ4v) is 3.59. The molecule has 1 heterocycles. The molecule has 6 nitrogen and oxygen atoms in total. The van der Waals surface area contributed by atoms with Gasteiger partial charge in [0.1, 0.15) is 0 Å². The first-order valence-electron chi connectivity index (χ1n) is 9.04. The Morgan fingerprint density at radius 1 is 1.38 bits per heavy atom. The number of unbranched alkanes of at least 4 members (excludes halogenated alkanes) is 1. The third kappa shape index (κ3) is 4.96. The van der Waals surface area contributed by atoms with Crippen LogP contribution < -0.4 is 5.32 Å². The SMILES string of the molecule is CCCCn1c(S[C@@H](C)C(=O)NC2CC2)nnc1[C@H](CC)N(C)C. The number of hydrogen-bond acceptors (Lipinski definition) is 5. The van der Waals surface area contributed by atoms with Crippen LogP contribution in [0.1, 0.15) is 64.7 Å². The van der Waals surface area contributed by atoms with E-state index in [2.05, 4.69) is 52.9 Å². The quantitative estimate of drug-likeness (QED) is 0.655. The molecule has 1 amide bonds. The Bertz CT molecular complexity index is 541. The zero-order valence-electron chi connectivity index (χ0n) is 15.6. The van der Waals surface area contributed by atoms with E-state index < -0.39 is 0 Å². The summed E-state index contributed by atoms with van der Waals surface area (Å²) >= 11 is 1.52. The van der Waals surface area contributed by atoms with Crippen molar-refractivity contribution in [2.75, 3.05) is 14.1 Å². The van der Waals surface area contributed by atoms with Crippen LogP contribution in [0.2, 0.25) is 0 Å². The molecule has 0 saturated heterocycles. The van der Waals surface area contributed by atoms with Crippen LogP contribution in [0.25, 0.3) is 0 Å². The van der Waals surface area contributed by atoms with Crippen LogP contribution in [0.3, 0.4) is 0 Å². The predicted octanol–water partition coefficient (Wildman–Crippen LogP) is 2.85. The summed E-state index contributed by atoms with van der Waals surface area (Å²) in [6.45, 7) is 7.21. The van der Waals surface area contributed by atoms with Crippen molar-refractivity contribution >= 4 is 17.7 Å². The molecule has 2 rings (SSSR count). The molecule has 136 valence electrons. The Balaban J connectivity index is 2.14. The van der Waals surface area contributed by atoms with Gasteiger partial charge in [0.15, 0.2) is 11.0 Å². The number of amides is 1. The summed E-state index contributed by atoms with van der Waals surface area (Å²) < 4.78 is 2.21. The molecule has 2 atom stereocenters. The van der Waals surface area contributed by atoms with Crippen molar-refractivity contribution in [2.45, 2.75) is 81.9 Å². The molecule has 1 aromatic heterocycles. The highest BCUT2D eigenvalue weighted by atomic mass is 32.2. The number of carbonyl (C=O) groups is 1. The summed E-state index contributed by atoms with van der Waals surface area (Å²) in [5, 5.41) is 12.7. The van der Waals surface area contributed by atoms with Gasteiger partial charge in [-0.15, -0.1) is 10.2 Å². The van der Waals surface area contributed by atoms with E-state index >= 15 is 0 Å². The van der Waals surface area contributed by atoms with E-state index in [0.29, 0.717) is 6.04 Å². The maximum Gasteiger partial charge on any atom is 0.233 e. The molecule has 1 aliphatic carbocycles. The normalized spacial score (nSPS) is 17.1. The Hall–Kier alpha value is -1.08. The molecule has 0 aliphatic heterocycles. The van der Waals surface area contributed by atoms with Crippen molar-refractivity contribution in [1.82, 2.24) is 25.0 Å². The lowest BCUT2D eigenvalue weighted by molar-refractivity contribution is -0.120. The van der Waals surface area contributed by atoms with Gasteiger partial charge in [0, 0.05) is 12.6 Å². The van der Waals surface area contributed by atoms with E-state index in [1.54, 1.807) is 0 Å². The zero-order chi connectivity index (χ0) is 17.7. The lowest BCUT2D eigenvalue weighted by Crippen LogP contribution is -2.32. The first-order chi connectivity index (χ1) is 11.5. The van der Waals surface area contributed by atoms with Crippen LogP contribution in [-0.4, -0.2) is 51.0 Å². The minimum atomic E-state index is -0.151. The van der Waals surface area contributed by atoms with Crippen LogP contribution >= 0.6 is 11.8 Å². The van der Waals surface area contributed by atoms with Gasteiger partial charge in [0.25, 0.3) is 0 Å². The lowest BCUT2D eigenvalue weighted by Gasteiger charge is -2.23. The van der Waals surface area contributed by atoms with E-state index in [9.17, 15) is 4.79 Å². The Labute approximate surface area is 149 Å². The maximum absolute atomic E-state index is 12.2. The summed E-state index contributed by atoms with van der Waals surface area (Å²) in [7, 11) is 4.15. The molecule has 24 heavy (non-hydrogen) atoms. The molecule has 0 unspecified atom stereocenters. The second-order valence-electron chi connectivity index (χ2n) is 6.78. The van der Waals surface area contributed by atoms with Crippen molar-refractivity contribution < 1.29 is 4.79 Å². The van der Waals surface area contributed by atoms with Crippen LogP contribution in [0.4, 0.5) is 0 Å². The molecule has 0 bridgehead atoms. The van der Waals surface area contributed by atoms with Gasteiger partial charge in [-0.05, 0) is 46.7 Å². The smallest absolute Gasteiger partial charge is 0.233 e. The number of rotatable bonds is 10. The summed E-state index contributed by atoms with van der Waals surface area (Å²) in [5.74, 6) is 1.11. The van der Waals surface area contributed by atoms with Crippen LogP contribution in [-0.2, 0) is 11.3 Å². The van der Waals surface area contributed by atoms with Gasteiger partial charge < -0.3 is 9.88 Å². The molecular weight excluding hydrogens is 322 g/mol. The summed E-state index contributed by atoms with van der Waals surface area (Å²) in [6.07, 6.45) is 5.42. The van der Waals surface area contributed by atoms with Gasteiger partial charge in [-0.2, -0.15) is 0 Å². The van der Waals surface area contributed by atoms with Gasteiger partial charge in [0.05, 0.1) is 11.3 Å². The Morgan fingerprint density at radius 2 is 2.08 bits per heavy atom. The van der Waals surface area contributed by atoms with Crippen molar-refractivity contribution in [1.29, 1.82) is 0 Å². The largest absolute Gasteiger partial charge is 0.352 e. The van der Waals surface area contributed by atoms with E-state index in [0.717, 1.165) is 49.6 Å². The average molecular weight is 354 g/mol. The number of aromatic nitrogens is 3. The van der Waals surface area contributed by atoms with Gasteiger partial charge >= 0.3 is 0 Å². The number of hydrogen-bond donors (Lipinski definition) is 1. The Morgan fingerprint density at radius 3 is 2.62 bits per heavy atom. The average Bonchev–Trinajstić information content (AvgIpc) is 3.27. The second-order valence-corrected chi connectivity index (χ2v) is 8.08. The predicted molar refractivity (Wildman–Crippen MR) is 98.1 cm³/mol. The molecule has 1 N–H and O–H groups in total. The van der Waals surface area contributed by atoms with Gasteiger partial charge in [-0.1, -0.05) is 32.0 Å². The highest BCUT2D eigenvalue weighted by Crippen LogP contribution is 2.28. The molecule has 0 aromatic carbocycles. The van der Waals surface area contributed by atoms with Crippen molar-refractivity contribution in [3.63, 3.8) is 0 Å². The lowest BCUT2D eigenvalue weighted by atomic mass is 10.2. The fraction of sp³-hybridized carbons (Fsp3) is 0.824. The highest BCUT2D eigenvalue weighted by Gasteiger charge is 2.28. The monoisotopic (exact) mass is 353 g/mol. The standard InChI is InChI=1S/C17H31N5OS/c1-6-8-11-22-15(14(7-2)21(4)5)19-20-17(22)24-12(3)16(23)18-13-9-10-13/h12-14H,6-11H2,1-5H3,(H,18,23)/t12-,14-/m0/s1. The molecule has 1 fully saturated rings. The van der Waals surface area contributed by atoms with E-state index in [-0.39, 0.29) is 17.2 Å². The maximum atomic E-state index is 12.2. The molecule has 0 spiro atoms. The minimum absolute atomic E-state index is 0.105. The minimum Gasteiger partial charge on any atom is -0.352 e. The van der Waals surface area contributed by atoms with Crippen molar-refractivity contribution in [3.05, 3.63) is 5.82 Å². The van der Waals surface area contributed by atoms with Gasteiger partial charge in [-0.25, -0.2) is 0 Å². The number of nitrogens with zero attached hydrogens (tertiary/aromatic N) is 4. The summed E-state index contributed by atoms with van der Waals surface area (Å²) in [4.78, 5) is 14.4. The first kappa shape index (κ1) is 19.2. The van der Waals surface area contributed by atoms with Crippen LogP contribution in [0.5, 0.6) is 0 Å². The zero-order valence-corrected chi connectivity index (χ0v) is 16.4. The molecule has 1 aromatic rings. The van der Waals surface area contributed by atoms with E-state index in [1.165, 1.54) is 11.8 Å². The van der Waals surface area contributed by atoms with Crippen LogP contribution in [0, 0.1) is 0 Å². The molecule has 7 heteroatoms. The molecular formula is C17H31N5OS. The summed E-state index contributed by atoms with van der Waals surface area (Å²) in [6, 6.07) is 0.645. The second kappa shape index (κ2) is 8.85. The van der Waals surface area contributed by atoms with Gasteiger partial charge in [-0.3, -0.25) is 9.69 Å². The highest BCUT2D eigenvalue weighted by molar-refractivity contribution is 8.00. The number of nitrogens with one attached hydrogen (secondary N) is 1. The molecule has 1 aliphatic rings. The third-order valence-electron chi connectivity index (χ3n) is 4.36. The van der Waals surface area contributed by atoms with Crippen molar-refractivity contribution in [3.8, 4) is 0 Å². The fourth-order valence-electron chi connectivity index (χ4n) is 2.70. The Kier molecular flexibility index (Phi) is 7.10. The molecule has 0 radical (unpaired) electrons.